The monoisotopic (exact) mass is 701 g/mol. The Hall–Kier alpha value is -5.80. The summed E-state index contributed by atoms with van der Waals surface area (Å²) >= 11 is 0. The van der Waals surface area contributed by atoms with E-state index in [9.17, 15) is 0 Å². The summed E-state index contributed by atoms with van der Waals surface area (Å²) in [5.74, 6) is 2.17. The van der Waals surface area contributed by atoms with Crippen molar-refractivity contribution in [2.24, 2.45) is 21.8 Å². The van der Waals surface area contributed by atoms with Gasteiger partial charge in [0, 0.05) is 29.4 Å². The van der Waals surface area contributed by atoms with Gasteiger partial charge in [-0.15, -0.1) is 0 Å². The Morgan fingerprint density at radius 2 is 1.57 bits per heavy atom. The number of allylic oxidation sites excluding steroid dienone is 6. The SMILES string of the molecule is C=C(NC)C1=CC(c2ccc3c(c2)C2(C=CCC4CC2C4)c2cccc(-c4cccc(C/N=C(\N=C(/C)c5ccccc5)c5ccccc5)c4)c2-3)=CCC1. The smallest absolute Gasteiger partial charge is 0.155 e. The maximum atomic E-state index is 5.14. The van der Waals surface area contributed by atoms with Crippen molar-refractivity contribution in [1.82, 2.24) is 5.32 Å². The van der Waals surface area contributed by atoms with Gasteiger partial charge in [0.05, 0.1) is 6.54 Å². The van der Waals surface area contributed by atoms with Crippen LogP contribution in [-0.4, -0.2) is 18.6 Å². The van der Waals surface area contributed by atoms with Gasteiger partial charge in [-0.25, -0.2) is 4.99 Å². The van der Waals surface area contributed by atoms with Crippen LogP contribution in [-0.2, 0) is 12.0 Å². The molecule has 10 rings (SSSR count). The lowest BCUT2D eigenvalue weighted by Gasteiger charge is -2.45. The second-order valence-electron chi connectivity index (χ2n) is 15.4. The quantitative estimate of drug-likeness (QED) is 0.0976. The zero-order valence-electron chi connectivity index (χ0n) is 31.4. The summed E-state index contributed by atoms with van der Waals surface area (Å²) in [6.07, 6.45) is 15.7. The molecule has 1 spiro atoms. The van der Waals surface area contributed by atoms with Crippen molar-refractivity contribution in [3.8, 4) is 22.3 Å². The van der Waals surface area contributed by atoms with Crippen molar-refractivity contribution in [2.45, 2.75) is 51.0 Å². The first-order valence-electron chi connectivity index (χ1n) is 19.6. The molecular weight excluding hydrogens is 655 g/mol. The van der Waals surface area contributed by atoms with Crippen molar-refractivity contribution in [1.29, 1.82) is 0 Å². The molecule has 0 saturated heterocycles. The first-order chi connectivity index (χ1) is 26.5. The maximum absolute atomic E-state index is 5.14. The fourth-order valence-corrected chi connectivity index (χ4v) is 9.35. The Balaban J connectivity index is 1.12. The van der Waals surface area contributed by atoms with Gasteiger partial charge >= 0.3 is 0 Å². The lowest BCUT2D eigenvalue weighted by atomic mass is 9.58. The lowest BCUT2D eigenvalue weighted by molar-refractivity contribution is 0.155. The van der Waals surface area contributed by atoms with Crippen molar-refractivity contribution in [2.75, 3.05) is 7.05 Å². The first kappa shape index (κ1) is 34.0. The van der Waals surface area contributed by atoms with Gasteiger partial charge in [0.25, 0.3) is 0 Å². The van der Waals surface area contributed by atoms with E-state index in [-0.39, 0.29) is 5.41 Å². The van der Waals surface area contributed by atoms with Gasteiger partial charge in [0.15, 0.2) is 5.84 Å². The van der Waals surface area contributed by atoms with Crippen LogP contribution in [0.5, 0.6) is 0 Å². The summed E-state index contributed by atoms with van der Waals surface area (Å²) in [6, 6.07) is 44.0. The van der Waals surface area contributed by atoms with Crippen LogP contribution in [0, 0.1) is 11.8 Å². The Labute approximate surface area is 320 Å². The van der Waals surface area contributed by atoms with Crippen LogP contribution in [0.2, 0.25) is 0 Å². The lowest BCUT2D eigenvalue weighted by Crippen LogP contribution is -2.39. The number of likely N-dealkylation sites (N-methyl/N-ethyl adjacent to an activating group) is 1. The highest BCUT2D eigenvalue weighted by Crippen LogP contribution is 2.63. The zero-order valence-corrected chi connectivity index (χ0v) is 31.4. The summed E-state index contributed by atoms with van der Waals surface area (Å²) in [5, 5.41) is 3.27. The number of nitrogens with zero attached hydrogens (tertiary/aromatic N) is 2. The molecule has 1 atom stereocenters. The molecule has 5 aliphatic rings. The fourth-order valence-electron chi connectivity index (χ4n) is 9.35. The Morgan fingerprint density at radius 1 is 0.796 bits per heavy atom. The number of hydrogen-bond donors (Lipinski definition) is 1. The second kappa shape index (κ2) is 14.2. The molecule has 5 aliphatic carbocycles. The Kier molecular flexibility index (Phi) is 8.95. The highest BCUT2D eigenvalue weighted by Gasteiger charge is 2.53. The van der Waals surface area contributed by atoms with Crippen LogP contribution >= 0.6 is 0 Å². The largest absolute Gasteiger partial charge is 0.388 e. The molecule has 2 bridgehead atoms. The number of amidine groups is 1. The van der Waals surface area contributed by atoms with E-state index in [0.29, 0.717) is 12.5 Å². The van der Waals surface area contributed by atoms with Gasteiger partial charge in [-0.3, -0.25) is 4.99 Å². The molecule has 266 valence electrons. The first-order valence-corrected chi connectivity index (χ1v) is 19.6. The molecule has 0 heterocycles. The van der Waals surface area contributed by atoms with E-state index in [0.717, 1.165) is 47.1 Å². The third kappa shape index (κ3) is 6.02. The van der Waals surface area contributed by atoms with Crippen LogP contribution in [0.15, 0.2) is 173 Å². The zero-order chi connectivity index (χ0) is 36.6. The Bertz CT molecular complexity index is 2400. The molecule has 3 nitrogen and oxygen atoms in total. The summed E-state index contributed by atoms with van der Waals surface area (Å²) in [6.45, 7) is 6.88. The van der Waals surface area contributed by atoms with E-state index < -0.39 is 0 Å². The summed E-state index contributed by atoms with van der Waals surface area (Å²) < 4.78 is 0. The van der Waals surface area contributed by atoms with Gasteiger partial charge in [0.2, 0.25) is 0 Å². The predicted octanol–water partition coefficient (Wildman–Crippen LogP) is 11.9. The molecule has 1 fully saturated rings. The van der Waals surface area contributed by atoms with Crippen LogP contribution in [0.1, 0.15) is 72.4 Å². The molecule has 5 aromatic rings. The van der Waals surface area contributed by atoms with Gasteiger partial charge in [-0.1, -0.05) is 134 Å². The average Bonchev–Trinajstić information content (AvgIpc) is 3.33. The van der Waals surface area contributed by atoms with Gasteiger partial charge in [-0.05, 0) is 130 Å². The number of aliphatic imine (C=N–C) groups is 2. The van der Waals surface area contributed by atoms with Gasteiger partial charge < -0.3 is 5.32 Å². The number of hydrogen-bond acceptors (Lipinski definition) is 2. The van der Waals surface area contributed by atoms with Crippen molar-refractivity contribution < 1.29 is 0 Å². The third-order valence-electron chi connectivity index (χ3n) is 12.3. The molecule has 5 aromatic carbocycles. The van der Waals surface area contributed by atoms with Crippen LogP contribution in [0.4, 0.5) is 0 Å². The highest BCUT2D eigenvalue weighted by molar-refractivity contribution is 6.11. The number of benzene rings is 5. The minimum absolute atomic E-state index is 0.110. The van der Waals surface area contributed by atoms with E-state index in [2.05, 4.69) is 152 Å². The molecule has 54 heavy (non-hydrogen) atoms. The minimum atomic E-state index is -0.110. The number of fused-ring (bicyclic) bond motifs is 4. The van der Waals surface area contributed by atoms with E-state index in [1.165, 1.54) is 74.9 Å². The van der Waals surface area contributed by atoms with E-state index in [1.54, 1.807) is 0 Å². The van der Waals surface area contributed by atoms with E-state index in [4.69, 9.17) is 9.98 Å². The molecular formula is C51H47N3. The van der Waals surface area contributed by atoms with Gasteiger partial charge in [-0.2, -0.15) is 0 Å². The van der Waals surface area contributed by atoms with Crippen LogP contribution < -0.4 is 5.32 Å². The molecule has 0 amide bonds. The van der Waals surface area contributed by atoms with Crippen molar-refractivity contribution in [3.63, 3.8) is 0 Å². The van der Waals surface area contributed by atoms with Crippen molar-refractivity contribution >= 4 is 17.1 Å². The van der Waals surface area contributed by atoms with E-state index >= 15 is 0 Å². The standard InChI is InChI=1S/C51H47N3/c1-34(52-3)40-20-11-21-41(31-40)42-25-26-46-48(32-42)51(27-13-15-36-29-44(51)30-36)47-24-12-23-45(49(46)47)43-22-10-14-37(28-43)33-53-50(39-18-8-5-9-19-39)54-35(2)38-16-6-4-7-17-38/h4-10,12-14,16-19,21-28,31-32,36,44,52H,1,11,15,20,29-30,33H2,2-3H3/b53-50-,54-35+. The molecule has 1 saturated carbocycles. The van der Waals surface area contributed by atoms with Gasteiger partial charge in [0.1, 0.15) is 0 Å². The third-order valence-corrected chi connectivity index (χ3v) is 12.3. The van der Waals surface area contributed by atoms with Crippen LogP contribution in [0.25, 0.3) is 27.8 Å². The molecule has 0 aliphatic heterocycles. The summed E-state index contributed by atoms with van der Waals surface area (Å²) in [4.78, 5) is 10.2. The molecule has 1 N–H and O–H groups in total. The molecule has 0 aromatic heterocycles. The maximum Gasteiger partial charge on any atom is 0.155 e. The highest BCUT2D eigenvalue weighted by atomic mass is 14.9. The van der Waals surface area contributed by atoms with Crippen LogP contribution in [0.3, 0.4) is 0 Å². The molecule has 1 unspecified atom stereocenters. The number of nitrogens with one attached hydrogen (secondary N) is 1. The normalized spacial score (nSPS) is 21.4. The second-order valence-corrected chi connectivity index (χ2v) is 15.4. The van der Waals surface area contributed by atoms with Crippen molar-refractivity contribution in [3.05, 3.63) is 197 Å². The Morgan fingerprint density at radius 3 is 2.37 bits per heavy atom. The molecule has 3 heteroatoms. The fraction of sp³-hybridized carbons (Fsp3) is 0.216. The average molecular weight is 702 g/mol. The summed E-state index contributed by atoms with van der Waals surface area (Å²) in [7, 11) is 1.97. The minimum Gasteiger partial charge on any atom is -0.388 e. The predicted molar refractivity (Wildman–Crippen MR) is 227 cm³/mol. The summed E-state index contributed by atoms with van der Waals surface area (Å²) in [5.41, 5.74) is 17.3. The number of rotatable bonds is 8. The van der Waals surface area contributed by atoms with E-state index in [1.807, 2.05) is 19.2 Å². The topological polar surface area (TPSA) is 36.8 Å². The molecule has 0 radical (unpaired) electrons.